The van der Waals surface area contributed by atoms with Gasteiger partial charge in [-0.2, -0.15) is 0 Å². The van der Waals surface area contributed by atoms with Gasteiger partial charge in [-0.1, -0.05) is 35.9 Å². The summed E-state index contributed by atoms with van der Waals surface area (Å²) in [5, 5.41) is 0.595. The Bertz CT molecular complexity index is 614. The summed E-state index contributed by atoms with van der Waals surface area (Å²) in [7, 11) is 0. The summed E-state index contributed by atoms with van der Waals surface area (Å²) in [5.41, 5.74) is 12.5. The molecule has 0 spiro atoms. The van der Waals surface area contributed by atoms with Crippen LogP contribution in [0.25, 0.3) is 0 Å². The lowest BCUT2D eigenvalue weighted by molar-refractivity contribution is 0.0996. The van der Waals surface area contributed by atoms with E-state index >= 15 is 0 Å². The number of carbonyl (C=O) groups excluding carboxylic acids is 1. The molecule has 0 saturated heterocycles. The van der Waals surface area contributed by atoms with E-state index in [-0.39, 0.29) is 17.9 Å². The second kappa shape index (κ2) is 5.63. The molecule has 0 fully saturated rings. The molecule has 0 aromatic heterocycles. The highest BCUT2D eigenvalue weighted by molar-refractivity contribution is 6.31. The minimum absolute atomic E-state index is 0.216. The van der Waals surface area contributed by atoms with Gasteiger partial charge in [0, 0.05) is 10.6 Å². The van der Waals surface area contributed by atoms with Crippen molar-refractivity contribution >= 4 is 23.2 Å². The Hall–Kier alpha value is -2.20. The van der Waals surface area contributed by atoms with Gasteiger partial charge in [-0.15, -0.1) is 0 Å². The Morgan fingerprint density at radius 2 is 1.89 bits per heavy atom. The zero-order valence-electron chi connectivity index (χ0n) is 10.1. The number of carbonyl (C=O) groups is 1. The van der Waals surface area contributed by atoms with Crippen LogP contribution in [0.3, 0.4) is 0 Å². The van der Waals surface area contributed by atoms with Gasteiger partial charge in [-0.05, 0) is 18.2 Å². The monoisotopic (exact) mass is 276 g/mol. The molecule has 4 N–H and O–H groups in total. The molecule has 0 heterocycles. The van der Waals surface area contributed by atoms with E-state index in [0.29, 0.717) is 10.7 Å². The summed E-state index contributed by atoms with van der Waals surface area (Å²) in [4.78, 5) is 11.3. The van der Waals surface area contributed by atoms with Crippen molar-refractivity contribution in [3.63, 3.8) is 0 Å². The maximum Gasteiger partial charge on any atom is 0.252 e. The largest absolute Gasteiger partial charge is 0.486 e. The van der Waals surface area contributed by atoms with Crippen molar-refractivity contribution in [2.24, 2.45) is 5.73 Å². The van der Waals surface area contributed by atoms with E-state index in [1.807, 2.05) is 18.2 Å². The average Bonchev–Trinajstić information content (AvgIpc) is 2.38. The lowest BCUT2D eigenvalue weighted by Gasteiger charge is -2.12. The number of primary amides is 1. The molecule has 0 radical (unpaired) electrons. The maximum absolute atomic E-state index is 11.3. The summed E-state index contributed by atoms with van der Waals surface area (Å²) in [5.74, 6) is -0.295. The number of benzene rings is 2. The predicted molar refractivity (Wildman–Crippen MR) is 75.2 cm³/mol. The van der Waals surface area contributed by atoms with Crippen LogP contribution in [-0.4, -0.2) is 5.91 Å². The van der Waals surface area contributed by atoms with Crippen LogP contribution in [0, 0.1) is 0 Å². The second-order valence-electron chi connectivity index (χ2n) is 3.97. The zero-order chi connectivity index (χ0) is 13.8. The molecule has 0 atom stereocenters. The molecule has 2 rings (SSSR count). The quantitative estimate of drug-likeness (QED) is 0.843. The number of rotatable bonds is 4. The van der Waals surface area contributed by atoms with E-state index in [2.05, 4.69) is 0 Å². The van der Waals surface area contributed by atoms with E-state index in [9.17, 15) is 4.79 Å². The fourth-order valence-corrected chi connectivity index (χ4v) is 1.87. The first-order chi connectivity index (χ1) is 9.09. The zero-order valence-corrected chi connectivity index (χ0v) is 10.9. The van der Waals surface area contributed by atoms with Crippen LogP contribution in [0.5, 0.6) is 5.75 Å². The smallest absolute Gasteiger partial charge is 0.252 e. The van der Waals surface area contributed by atoms with E-state index in [4.69, 9.17) is 27.8 Å². The highest BCUT2D eigenvalue weighted by Crippen LogP contribution is 2.27. The molecular formula is C14H13ClN2O2. The molecule has 1 amide bonds. The van der Waals surface area contributed by atoms with E-state index in [1.165, 1.54) is 0 Å². The van der Waals surface area contributed by atoms with Crippen LogP contribution in [0.15, 0.2) is 42.5 Å². The first-order valence-corrected chi connectivity index (χ1v) is 6.02. The van der Waals surface area contributed by atoms with Crippen molar-refractivity contribution in [3.05, 3.63) is 58.6 Å². The highest BCUT2D eigenvalue weighted by Gasteiger charge is 2.12. The summed E-state index contributed by atoms with van der Waals surface area (Å²) in [6, 6.07) is 12.2. The number of para-hydroxylation sites is 1. The van der Waals surface area contributed by atoms with Crippen molar-refractivity contribution in [3.8, 4) is 5.75 Å². The minimum atomic E-state index is -0.582. The minimum Gasteiger partial charge on any atom is -0.486 e. The molecule has 0 unspecified atom stereocenters. The predicted octanol–water partition coefficient (Wildman–Crippen LogP) is 2.60. The summed E-state index contributed by atoms with van der Waals surface area (Å²) >= 11 is 6.03. The normalized spacial score (nSPS) is 10.2. The molecule has 98 valence electrons. The molecule has 19 heavy (non-hydrogen) atoms. The van der Waals surface area contributed by atoms with Crippen molar-refractivity contribution in [1.82, 2.24) is 0 Å². The fraction of sp³-hybridized carbons (Fsp3) is 0.0714. The van der Waals surface area contributed by atoms with Gasteiger partial charge in [-0.3, -0.25) is 4.79 Å². The van der Waals surface area contributed by atoms with Crippen molar-refractivity contribution in [1.29, 1.82) is 0 Å². The first kappa shape index (κ1) is 13.2. The molecule has 2 aromatic rings. The Labute approximate surface area is 115 Å². The average molecular weight is 277 g/mol. The summed E-state index contributed by atoms with van der Waals surface area (Å²) in [6.45, 7) is 0.216. The van der Waals surface area contributed by atoms with Crippen LogP contribution in [0.4, 0.5) is 5.69 Å². The van der Waals surface area contributed by atoms with Gasteiger partial charge >= 0.3 is 0 Å². The molecule has 2 aromatic carbocycles. The standard InChI is InChI=1S/C14H13ClN2O2/c15-11-6-2-1-4-9(11)8-19-13-10(14(17)18)5-3-7-12(13)16/h1-7H,8,16H2,(H2,17,18). The SMILES string of the molecule is NC(=O)c1cccc(N)c1OCc1ccccc1Cl. The van der Waals surface area contributed by atoms with Crippen molar-refractivity contribution in [2.75, 3.05) is 5.73 Å². The van der Waals surface area contributed by atoms with Gasteiger partial charge in [0.1, 0.15) is 6.61 Å². The Morgan fingerprint density at radius 3 is 2.58 bits per heavy atom. The number of hydrogen-bond acceptors (Lipinski definition) is 3. The number of halogens is 1. The second-order valence-corrected chi connectivity index (χ2v) is 4.38. The van der Waals surface area contributed by atoms with Gasteiger partial charge in [0.25, 0.3) is 5.91 Å². The molecule has 0 saturated carbocycles. The maximum atomic E-state index is 11.3. The molecule has 0 aliphatic carbocycles. The Kier molecular flexibility index (Phi) is 3.92. The molecule has 0 aliphatic heterocycles. The van der Waals surface area contributed by atoms with Crippen LogP contribution < -0.4 is 16.2 Å². The van der Waals surface area contributed by atoms with Crippen LogP contribution in [0.2, 0.25) is 5.02 Å². The number of hydrogen-bond donors (Lipinski definition) is 2. The van der Waals surface area contributed by atoms with Crippen LogP contribution >= 0.6 is 11.6 Å². The molecule has 5 heteroatoms. The van der Waals surface area contributed by atoms with Gasteiger partial charge in [0.05, 0.1) is 11.3 Å². The van der Waals surface area contributed by atoms with E-state index < -0.39 is 5.91 Å². The summed E-state index contributed by atoms with van der Waals surface area (Å²) in [6.07, 6.45) is 0. The first-order valence-electron chi connectivity index (χ1n) is 5.64. The summed E-state index contributed by atoms with van der Waals surface area (Å²) < 4.78 is 5.59. The van der Waals surface area contributed by atoms with Gasteiger partial charge in [-0.25, -0.2) is 0 Å². The topological polar surface area (TPSA) is 78.3 Å². The van der Waals surface area contributed by atoms with Gasteiger partial charge in [0.2, 0.25) is 0 Å². The molecule has 0 aliphatic rings. The lowest BCUT2D eigenvalue weighted by atomic mass is 10.1. The number of nitrogen functional groups attached to an aromatic ring is 1. The van der Waals surface area contributed by atoms with E-state index in [1.54, 1.807) is 24.3 Å². The number of amides is 1. The molecule has 4 nitrogen and oxygen atoms in total. The number of anilines is 1. The van der Waals surface area contributed by atoms with Gasteiger partial charge < -0.3 is 16.2 Å². The third-order valence-electron chi connectivity index (χ3n) is 2.64. The molecule has 0 bridgehead atoms. The Balaban J connectivity index is 2.25. The van der Waals surface area contributed by atoms with Crippen molar-refractivity contribution < 1.29 is 9.53 Å². The third kappa shape index (κ3) is 2.98. The van der Waals surface area contributed by atoms with Crippen LogP contribution in [0.1, 0.15) is 15.9 Å². The highest BCUT2D eigenvalue weighted by atomic mass is 35.5. The van der Waals surface area contributed by atoms with Gasteiger partial charge in [0.15, 0.2) is 5.75 Å². The fourth-order valence-electron chi connectivity index (χ4n) is 1.68. The Morgan fingerprint density at radius 1 is 1.16 bits per heavy atom. The van der Waals surface area contributed by atoms with Crippen molar-refractivity contribution in [2.45, 2.75) is 6.61 Å². The third-order valence-corrected chi connectivity index (χ3v) is 3.01. The van der Waals surface area contributed by atoms with Crippen LogP contribution in [-0.2, 0) is 6.61 Å². The lowest BCUT2D eigenvalue weighted by Crippen LogP contribution is -2.14. The number of ether oxygens (including phenoxy) is 1. The molecular weight excluding hydrogens is 264 g/mol. The van der Waals surface area contributed by atoms with E-state index in [0.717, 1.165) is 5.56 Å². The number of nitrogens with two attached hydrogens (primary N) is 2.